The van der Waals surface area contributed by atoms with Crippen molar-refractivity contribution in [3.63, 3.8) is 0 Å². The van der Waals surface area contributed by atoms with E-state index in [9.17, 15) is 0 Å². The van der Waals surface area contributed by atoms with Gasteiger partial charge in [0.2, 0.25) is 0 Å². The Bertz CT molecular complexity index is 430. The van der Waals surface area contributed by atoms with Crippen LogP contribution in [0.1, 0.15) is 38.2 Å². The molecule has 1 aliphatic rings. The Morgan fingerprint density at radius 1 is 1.50 bits per heavy atom. The van der Waals surface area contributed by atoms with Gasteiger partial charge >= 0.3 is 0 Å². The van der Waals surface area contributed by atoms with Gasteiger partial charge in [0, 0.05) is 25.2 Å². The number of hydrogen-bond acceptors (Lipinski definition) is 5. The van der Waals surface area contributed by atoms with Crippen LogP contribution in [0.4, 0.5) is 5.69 Å². The monoisotopic (exact) mass is 278 g/mol. The van der Waals surface area contributed by atoms with E-state index in [4.69, 9.17) is 16.3 Å². The third kappa shape index (κ3) is 3.11. The van der Waals surface area contributed by atoms with E-state index in [1.807, 2.05) is 12.3 Å². The first-order valence-electron chi connectivity index (χ1n) is 7.31. The number of hydrazine groups is 1. The number of nitrogens with two attached hydrogens (primary N) is 2. The molecule has 0 aliphatic heterocycles. The van der Waals surface area contributed by atoms with E-state index >= 15 is 0 Å². The maximum Gasteiger partial charge on any atom is 0.0847 e. The van der Waals surface area contributed by atoms with Gasteiger partial charge in [-0.2, -0.15) is 0 Å². The lowest BCUT2D eigenvalue weighted by Crippen LogP contribution is -2.57. The van der Waals surface area contributed by atoms with Crippen LogP contribution in [0.25, 0.3) is 0 Å². The van der Waals surface area contributed by atoms with E-state index in [0.29, 0.717) is 0 Å². The molecule has 0 aromatic carbocycles. The van der Waals surface area contributed by atoms with Crippen LogP contribution in [0.3, 0.4) is 0 Å². The van der Waals surface area contributed by atoms with Gasteiger partial charge in [0.05, 0.1) is 11.6 Å². The Morgan fingerprint density at radius 2 is 2.20 bits per heavy atom. The standard InChI is InChI=1S/C15H26N4O/c1-11-3-6-15(20-2,7-4-11)14(19-17)9-12-10-18-8-5-13(12)16/h5,8,10-11,14,19H,3-4,6-7,9,17H2,1-2H3,(H2,16,18). The summed E-state index contributed by atoms with van der Waals surface area (Å²) in [5.41, 5.74) is 10.5. The van der Waals surface area contributed by atoms with Gasteiger partial charge < -0.3 is 10.5 Å². The van der Waals surface area contributed by atoms with Gasteiger partial charge in [0.25, 0.3) is 0 Å². The van der Waals surface area contributed by atoms with E-state index in [0.717, 1.165) is 36.4 Å². The molecule has 112 valence electrons. The van der Waals surface area contributed by atoms with Crippen molar-refractivity contribution in [1.29, 1.82) is 0 Å². The number of anilines is 1. The highest BCUT2D eigenvalue weighted by Gasteiger charge is 2.41. The number of rotatable bonds is 5. The second-order valence-corrected chi connectivity index (χ2v) is 5.95. The van der Waals surface area contributed by atoms with Crippen LogP contribution < -0.4 is 17.0 Å². The summed E-state index contributed by atoms with van der Waals surface area (Å²) in [6.07, 6.45) is 8.66. The van der Waals surface area contributed by atoms with Crippen LogP contribution in [0.15, 0.2) is 18.5 Å². The fourth-order valence-electron chi connectivity index (χ4n) is 3.17. The number of nitrogens with zero attached hydrogens (tertiary/aromatic N) is 1. The number of methoxy groups -OCH3 is 1. The molecule has 0 saturated heterocycles. The molecule has 1 fully saturated rings. The summed E-state index contributed by atoms with van der Waals surface area (Å²) in [5.74, 6) is 6.57. The summed E-state index contributed by atoms with van der Waals surface area (Å²) in [6, 6.07) is 1.87. The minimum atomic E-state index is -0.205. The molecule has 1 aromatic rings. The first-order valence-corrected chi connectivity index (χ1v) is 7.31. The molecule has 1 unspecified atom stereocenters. The highest BCUT2D eigenvalue weighted by molar-refractivity contribution is 5.44. The van der Waals surface area contributed by atoms with Crippen LogP contribution in [0.5, 0.6) is 0 Å². The smallest absolute Gasteiger partial charge is 0.0847 e. The minimum Gasteiger partial charge on any atom is -0.398 e. The fourth-order valence-corrected chi connectivity index (χ4v) is 3.17. The number of hydrogen-bond donors (Lipinski definition) is 3. The average molecular weight is 278 g/mol. The zero-order chi connectivity index (χ0) is 14.6. The molecule has 1 atom stereocenters. The second-order valence-electron chi connectivity index (χ2n) is 5.95. The number of aromatic nitrogens is 1. The van der Waals surface area contributed by atoms with Crippen LogP contribution in [0.2, 0.25) is 0 Å². The molecule has 1 heterocycles. The largest absolute Gasteiger partial charge is 0.398 e. The van der Waals surface area contributed by atoms with E-state index in [1.54, 1.807) is 13.3 Å². The lowest BCUT2D eigenvalue weighted by Gasteiger charge is -2.44. The Balaban J connectivity index is 2.16. The van der Waals surface area contributed by atoms with Gasteiger partial charge in [-0.25, -0.2) is 0 Å². The SMILES string of the molecule is COC1(C(Cc2cnccc2N)NN)CCC(C)CC1. The Labute approximate surface area is 121 Å². The molecular weight excluding hydrogens is 252 g/mol. The summed E-state index contributed by atoms with van der Waals surface area (Å²) < 4.78 is 5.89. The summed E-state index contributed by atoms with van der Waals surface area (Å²) >= 11 is 0. The van der Waals surface area contributed by atoms with Gasteiger partial charge in [0.1, 0.15) is 0 Å². The van der Waals surface area contributed by atoms with Crippen molar-refractivity contribution in [3.8, 4) is 0 Å². The lowest BCUT2D eigenvalue weighted by atomic mass is 9.74. The van der Waals surface area contributed by atoms with Crippen molar-refractivity contribution < 1.29 is 4.74 Å². The third-order valence-corrected chi connectivity index (χ3v) is 4.73. The molecule has 2 rings (SSSR count). The maximum atomic E-state index is 6.01. The quantitative estimate of drug-likeness (QED) is 0.563. The molecule has 0 bridgehead atoms. The number of nitrogens with one attached hydrogen (secondary N) is 1. The lowest BCUT2D eigenvalue weighted by molar-refractivity contribution is -0.0746. The van der Waals surface area contributed by atoms with E-state index in [2.05, 4.69) is 17.3 Å². The Kier molecular flexibility index (Phi) is 4.96. The predicted octanol–water partition coefficient (Wildman–Crippen LogP) is 1.63. The number of nitrogen functional groups attached to an aromatic ring is 1. The molecule has 1 aliphatic carbocycles. The first-order chi connectivity index (χ1) is 9.61. The van der Waals surface area contributed by atoms with Crippen molar-refractivity contribution in [2.24, 2.45) is 11.8 Å². The fraction of sp³-hybridized carbons (Fsp3) is 0.667. The summed E-state index contributed by atoms with van der Waals surface area (Å²) in [6.45, 7) is 2.30. The van der Waals surface area contributed by atoms with Crippen molar-refractivity contribution in [2.45, 2.75) is 50.7 Å². The van der Waals surface area contributed by atoms with Gasteiger partial charge in [-0.05, 0) is 49.7 Å². The van der Waals surface area contributed by atoms with Gasteiger partial charge in [-0.3, -0.25) is 16.3 Å². The van der Waals surface area contributed by atoms with Crippen LogP contribution >= 0.6 is 0 Å². The van der Waals surface area contributed by atoms with Crippen LogP contribution in [-0.4, -0.2) is 23.7 Å². The first kappa shape index (κ1) is 15.2. The zero-order valence-electron chi connectivity index (χ0n) is 12.4. The van der Waals surface area contributed by atoms with Crippen LogP contribution in [-0.2, 0) is 11.2 Å². The van der Waals surface area contributed by atoms with Crippen molar-refractivity contribution in [1.82, 2.24) is 10.4 Å². The Hall–Kier alpha value is -1.17. The molecule has 5 nitrogen and oxygen atoms in total. The molecular formula is C15H26N4O. The summed E-state index contributed by atoms with van der Waals surface area (Å²) in [4.78, 5) is 4.15. The molecule has 5 heteroatoms. The average Bonchev–Trinajstić information content (AvgIpc) is 2.48. The number of pyridine rings is 1. The zero-order valence-corrected chi connectivity index (χ0v) is 12.4. The highest BCUT2D eigenvalue weighted by atomic mass is 16.5. The van der Waals surface area contributed by atoms with Crippen molar-refractivity contribution in [3.05, 3.63) is 24.0 Å². The molecule has 0 radical (unpaired) electrons. The van der Waals surface area contributed by atoms with E-state index in [1.165, 1.54) is 12.8 Å². The molecule has 0 spiro atoms. The predicted molar refractivity (Wildman–Crippen MR) is 80.8 cm³/mol. The Morgan fingerprint density at radius 3 is 2.75 bits per heavy atom. The van der Waals surface area contributed by atoms with E-state index in [-0.39, 0.29) is 11.6 Å². The maximum absolute atomic E-state index is 6.01. The topological polar surface area (TPSA) is 86.2 Å². The van der Waals surface area contributed by atoms with Gasteiger partial charge in [-0.15, -0.1) is 0 Å². The van der Waals surface area contributed by atoms with Gasteiger partial charge in [0.15, 0.2) is 0 Å². The van der Waals surface area contributed by atoms with Crippen LogP contribution in [0, 0.1) is 5.92 Å². The summed E-state index contributed by atoms with van der Waals surface area (Å²) in [7, 11) is 1.78. The normalized spacial score (nSPS) is 28.2. The third-order valence-electron chi connectivity index (χ3n) is 4.73. The van der Waals surface area contributed by atoms with Crippen molar-refractivity contribution in [2.75, 3.05) is 12.8 Å². The second kappa shape index (κ2) is 6.52. The number of ether oxygens (including phenoxy) is 1. The molecule has 1 aromatic heterocycles. The van der Waals surface area contributed by atoms with E-state index < -0.39 is 0 Å². The molecule has 5 N–H and O–H groups in total. The van der Waals surface area contributed by atoms with Gasteiger partial charge in [-0.1, -0.05) is 6.92 Å². The van der Waals surface area contributed by atoms with Crippen molar-refractivity contribution >= 4 is 5.69 Å². The highest BCUT2D eigenvalue weighted by Crippen LogP contribution is 2.37. The minimum absolute atomic E-state index is 0.0477. The molecule has 20 heavy (non-hydrogen) atoms. The molecule has 1 saturated carbocycles. The summed E-state index contributed by atoms with van der Waals surface area (Å²) in [5, 5.41) is 0. The molecule has 0 amide bonds.